The number of carbonyl (C=O) groups excluding carboxylic acids is 1. The highest BCUT2D eigenvalue weighted by atomic mass is 79.9. The Labute approximate surface area is 127 Å². The highest BCUT2D eigenvalue weighted by molar-refractivity contribution is 9.10. The zero-order chi connectivity index (χ0) is 14.5. The molecule has 2 aromatic rings. The molecule has 0 aliphatic heterocycles. The highest BCUT2D eigenvalue weighted by Crippen LogP contribution is 2.21. The van der Waals surface area contributed by atoms with Gasteiger partial charge in [-0.1, -0.05) is 46.3 Å². The van der Waals surface area contributed by atoms with Gasteiger partial charge in [0.1, 0.15) is 6.61 Å². The van der Waals surface area contributed by atoms with Crippen molar-refractivity contribution in [1.29, 1.82) is 0 Å². The summed E-state index contributed by atoms with van der Waals surface area (Å²) in [6, 6.07) is 13.8. The Morgan fingerprint density at radius 3 is 2.30 bits per heavy atom. The molecule has 0 fully saturated rings. The summed E-state index contributed by atoms with van der Waals surface area (Å²) in [5, 5.41) is 0. The summed E-state index contributed by atoms with van der Waals surface area (Å²) >= 11 is 3.44. The van der Waals surface area contributed by atoms with Gasteiger partial charge >= 0.3 is 0 Å². The van der Waals surface area contributed by atoms with Crippen molar-refractivity contribution in [2.75, 3.05) is 6.61 Å². The summed E-state index contributed by atoms with van der Waals surface area (Å²) in [4.78, 5) is 12.2. The number of rotatable bonds is 5. The van der Waals surface area contributed by atoms with Crippen LogP contribution in [0.2, 0.25) is 0 Å². The molecule has 2 rings (SSSR count). The first-order valence-electron chi connectivity index (χ1n) is 6.49. The Kier molecular flexibility index (Phi) is 5.10. The first kappa shape index (κ1) is 14.9. The van der Waals surface area contributed by atoms with Crippen LogP contribution in [-0.4, -0.2) is 12.4 Å². The maximum atomic E-state index is 12.2. The second-order valence-electron chi connectivity index (χ2n) is 4.82. The molecule has 2 aromatic carbocycles. The van der Waals surface area contributed by atoms with Crippen LogP contribution >= 0.6 is 15.9 Å². The van der Waals surface area contributed by atoms with Crippen molar-refractivity contribution < 1.29 is 9.53 Å². The molecule has 0 amide bonds. The number of hydrogen-bond acceptors (Lipinski definition) is 2. The fourth-order valence-corrected chi connectivity index (χ4v) is 2.95. The minimum Gasteiger partial charge on any atom is -0.369 e. The Hall–Kier alpha value is -1.45. The second-order valence-corrected chi connectivity index (χ2v) is 5.73. The Morgan fingerprint density at radius 1 is 1.10 bits per heavy atom. The number of benzene rings is 2. The van der Waals surface area contributed by atoms with Gasteiger partial charge in [-0.05, 0) is 42.7 Å². The summed E-state index contributed by atoms with van der Waals surface area (Å²) in [6.45, 7) is 4.46. The van der Waals surface area contributed by atoms with Crippen molar-refractivity contribution in [2.24, 2.45) is 0 Å². The molecule has 3 heteroatoms. The quantitative estimate of drug-likeness (QED) is 0.755. The third kappa shape index (κ3) is 3.78. The van der Waals surface area contributed by atoms with Gasteiger partial charge in [0.2, 0.25) is 0 Å². The smallest absolute Gasteiger partial charge is 0.189 e. The van der Waals surface area contributed by atoms with Crippen LogP contribution in [0.25, 0.3) is 0 Å². The fourth-order valence-electron chi connectivity index (χ4n) is 2.26. The van der Waals surface area contributed by atoms with E-state index in [-0.39, 0.29) is 12.4 Å². The molecule has 0 N–H and O–H groups in total. The Balaban J connectivity index is 1.99. The van der Waals surface area contributed by atoms with Gasteiger partial charge in [-0.3, -0.25) is 4.79 Å². The number of carbonyl (C=O) groups is 1. The predicted octanol–water partition coefficient (Wildman–Crippen LogP) is 4.47. The lowest BCUT2D eigenvalue weighted by atomic mass is 9.99. The summed E-state index contributed by atoms with van der Waals surface area (Å²) in [5.74, 6) is 0.0310. The molecule has 0 heterocycles. The van der Waals surface area contributed by atoms with Crippen LogP contribution in [0, 0.1) is 13.8 Å². The molecule has 0 bridgehead atoms. The number of aryl methyl sites for hydroxylation is 2. The van der Waals surface area contributed by atoms with Gasteiger partial charge in [-0.15, -0.1) is 0 Å². The average molecular weight is 333 g/mol. The summed E-state index contributed by atoms with van der Waals surface area (Å²) in [7, 11) is 0. The van der Waals surface area contributed by atoms with E-state index in [2.05, 4.69) is 15.9 Å². The van der Waals surface area contributed by atoms with E-state index in [0.717, 1.165) is 26.7 Å². The summed E-state index contributed by atoms with van der Waals surface area (Å²) < 4.78 is 6.51. The molecule has 0 aromatic heterocycles. The molecule has 0 spiro atoms. The lowest BCUT2D eigenvalue weighted by Crippen LogP contribution is -2.12. The molecule has 0 unspecified atom stereocenters. The van der Waals surface area contributed by atoms with Gasteiger partial charge in [0.15, 0.2) is 5.78 Å². The van der Waals surface area contributed by atoms with E-state index < -0.39 is 0 Å². The molecule has 0 aliphatic rings. The third-order valence-electron chi connectivity index (χ3n) is 3.12. The fraction of sp³-hybridized carbons (Fsp3) is 0.235. The lowest BCUT2D eigenvalue weighted by Gasteiger charge is -2.10. The number of hydrogen-bond donors (Lipinski definition) is 0. The topological polar surface area (TPSA) is 26.3 Å². The molecular weight excluding hydrogens is 316 g/mol. The predicted molar refractivity (Wildman–Crippen MR) is 84.0 cm³/mol. The summed E-state index contributed by atoms with van der Waals surface area (Å²) in [6.07, 6.45) is 0. The van der Waals surface area contributed by atoms with E-state index in [1.807, 2.05) is 56.3 Å². The van der Waals surface area contributed by atoms with Crippen LogP contribution in [0.4, 0.5) is 0 Å². The van der Waals surface area contributed by atoms with Crippen LogP contribution in [0.5, 0.6) is 0 Å². The van der Waals surface area contributed by atoms with E-state index in [0.29, 0.717) is 6.61 Å². The number of Topliss-reactive ketones (excluding diaryl/α,β-unsaturated/α-hetero) is 1. The maximum Gasteiger partial charge on any atom is 0.189 e. The first-order valence-corrected chi connectivity index (χ1v) is 7.29. The maximum absolute atomic E-state index is 12.2. The summed E-state index contributed by atoms with van der Waals surface area (Å²) in [5.41, 5.74) is 3.79. The van der Waals surface area contributed by atoms with Gasteiger partial charge in [-0.2, -0.15) is 0 Å². The molecule has 0 aliphatic carbocycles. The van der Waals surface area contributed by atoms with Gasteiger partial charge < -0.3 is 4.74 Å². The molecule has 2 nitrogen and oxygen atoms in total. The second kappa shape index (κ2) is 6.82. The molecular formula is C17H17BrO2. The zero-order valence-corrected chi connectivity index (χ0v) is 13.2. The Bertz CT molecular complexity index is 583. The minimum atomic E-state index is 0.0310. The van der Waals surface area contributed by atoms with Crippen LogP contribution in [0.3, 0.4) is 0 Å². The van der Waals surface area contributed by atoms with Gasteiger partial charge in [0.25, 0.3) is 0 Å². The van der Waals surface area contributed by atoms with Gasteiger partial charge in [0, 0.05) is 10.0 Å². The normalized spacial score (nSPS) is 10.6. The zero-order valence-electron chi connectivity index (χ0n) is 11.7. The number of halogens is 1. The SMILES string of the molecule is Cc1cc(Br)cc(C)c1C(=O)COCc1ccccc1. The van der Waals surface area contributed by atoms with Crippen molar-refractivity contribution in [2.45, 2.75) is 20.5 Å². The first-order chi connectivity index (χ1) is 9.58. The molecule has 0 saturated heterocycles. The molecule has 0 radical (unpaired) electrons. The van der Waals surface area contributed by atoms with Crippen molar-refractivity contribution >= 4 is 21.7 Å². The van der Waals surface area contributed by atoms with Gasteiger partial charge in [-0.25, -0.2) is 0 Å². The van der Waals surface area contributed by atoms with Crippen molar-refractivity contribution in [3.63, 3.8) is 0 Å². The van der Waals surface area contributed by atoms with Crippen LogP contribution in [0.15, 0.2) is 46.9 Å². The third-order valence-corrected chi connectivity index (χ3v) is 3.58. The average Bonchev–Trinajstić information content (AvgIpc) is 2.38. The molecule has 0 atom stereocenters. The van der Waals surface area contributed by atoms with Gasteiger partial charge in [0.05, 0.1) is 6.61 Å². The number of ether oxygens (including phenoxy) is 1. The van der Waals surface area contributed by atoms with E-state index in [1.54, 1.807) is 0 Å². The van der Waals surface area contributed by atoms with E-state index >= 15 is 0 Å². The monoisotopic (exact) mass is 332 g/mol. The lowest BCUT2D eigenvalue weighted by molar-refractivity contribution is 0.0725. The van der Waals surface area contributed by atoms with E-state index in [4.69, 9.17) is 4.74 Å². The van der Waals surface area contributed by atoms with Crippen molar-refractivity contribution in [3.8, 4) is 0 Å². The molecule has 104 valence electrons. The van der Waals surface area contributed by atoms with E-state index in [9.17, 15) is 4.79 Å². The van der Waals surface area contributed by atoms with E-state index in [1.165, 1.54) is 0 Å². The molecule has 0 saturated carbocycles. The van der Waals surface area contributed by atoms with Crippen LogP contribution < -0.4 is 0 Å². The number of ketones is 1. The minimum absolute atomic E-state index is 0.0310. The Morgan fingerprint density at radius 2 is 1.70 bits per heavy atom. The molecule has 20 heavy (non-hydrogen) atoms. The van der Waals surface area contributed by atoms with Crippen LogP contribution in [0.1, 0.15) is 27.0 Å². The van der Waals surface area contributed by atoms with Crippen LogP contribution in [-0.2, 0) is 11.3 Å². The standard InChI is InChI=1S/C17H17BrO2/c1-12-8-15(18)9-13(2)17(12)16(19)11-20-10-14-6-4-3-5-7-14/h3-9H,10-11H2,1-2H3. The highest BCUT2D eigenvalue weighted by Gasteiger charge is 2.13. The van der Waals surface area contributed by atoms with Crippen molar-refractivity contribution in [3.05, 3.63) is 69.2 Å². The van der Waals surface area contributed by atoms with Crippen molar-refractivity contribution in [1.82, 2.24) is 0 Å². The largest absolute Gasteiger partial charge is 0.369 e.